The Labute approximate surface area is 234 Å². The summed E-state index contributed by atoms with van der Waals surface area (Å²) >= 11 is 0. The maximum absolute atomic E-state index is 13.5. The zero-order valence-corrected chi connectivity index (χ0v) is 23.9. The summed E-state index contributed by atoms with van der Waals surface area (Å²) in [6.07, 6.45) is 4.34. The molecule has 0 spiro atoms. The molecule has 0 saturated carbocycles. The Morgan fingerprint density at radius 2 is 1.68 bits per heavy atom. The molecule has 9 heteroatoms. The maximum atomic E-state index is 13.5. The van der Waals surface area contributed by atoms with Crippen molar-refractivity contribution < 1.29 is 18.7 Å². The Hall–Kier alpha value is -4.11. The molecular weight excluding hydrogens is 509 g/mol. The monoisotopic (exact) mass is 547 g/mol. The van der Waals surface area contributed by atoms with Crippen LogP contribution in [0.2, 0.25) is 0 Å². The lowest BCUT2D eigenvalue weighted by Gasteiger charge is -2.24. The quantitative estimate of drug-likeness (QED) is 0.187. The highest BCUT2D eigenvalue weighted by Gasteiger charge is 2.32. The fraction of sp³-hybridized carbons (Fsp3) is 0.355. The number of carbonyl (C=O) groups is 2. The average molecular weight is 548 g/mol. The number of carbonyl (C=O) groups excluding carboxylic acids is 2. The number of pyridine rings is 2. The number of hydrogen-bond acceptors (Lipinski definition) is 6. The van der Waals surface area contributed by atoms with Crippen LogP contribution >= 0.6 is 0 Å². The predicted octanol–water partition coefficient (Wildman–Crippen LogP) is 5.87. The number of hydrogen-bond donors (Lipinski definition) is 3. The van der Waals surface area contributed by atoms with Gasteiger partial charge in [-0.1, -0.05) is 26.0 Å². The Morgan fingerprint density at radius 3 is 2.27 bits per heavy atom. The van der Waals surface area contributed by atoms with E-state index in [1.54, 1.807) is 51.4 Å². The molecule has 0 aliphatic rings. The van der Waals surface area contributed by atoms with E-state index in [2.05, 4.69) is 26.0 Å². The van der Waals surface area contributed by atoms with Crippen molar-refractivity contribution in [3.05, 3.63) is 78.0 Å². The van der Waals surface area contributed by atoms with Gasteiger partial charge in [-0.15, -0.1) is 0 Å². The molecule has 4 aromatic rings. The first-order valence-electron chi connectivity index (χ1n) is 13.3. The number of nitrogens with one attached hydrogen (secondary N) is 2. The van der Waals surface area contributed by atoms with Crippen LogP contribution in [0.5, 0.6) is 0 Å². The van der Waals surface area contributed by atoms with Crippen LogP contribution < -0.4 is 11.1 Å². The number of fused-ring (bicyclic) bond motifs is 1. The van der Waals surface area contributed by atoms with E-state index < -0.39 is 23.4 Å². The minimum absolute atomic E-state index is 0.119. The summed E-state index contributed by atoms with van der Waals surface area (Å²) < 4.78 is 19.0. The first-order chi connectivity index (χ1) is 19.0. The third-order valence-corrected chi connectivity index (χ3v) is 5.96. The highest BCUT2D eigenvalue weighted by atomic mass is 19.1. The van der Waals surface area contributed by atoms with E-state index in [1.165, 1.54) is 19.2 Å². The Bertz CT molecular complexity index is 1430. The van der Waals surface area contributed by atoms with Crippen LogP contribution in [-0.2, 0) is 20.7 Å². The van der Waals surface area contributed by atoms with E-state index >= 15 is 0 Å². The van der Waals surface area contributed by atoms with Crippen molar-refractivity contribution in [2.45, 2.75) is 53.1 Å². The zero-order valence-electron chi connectivity index (χ0n) is 23.9. The first kappa shape index (κ1) is 30.4. The number of rotatable bonds is 8. The number of anilines is 1. The summed E-state index contributed by atoms with van der Waals surface area (Å²) in [5, 5.41) is 3.68. The lowest BCUT2D eigenvalue weighted by Crippen LogP contribution is -2.36. The minimum atomic E-state index is -0.947. The van der Waals surface area contributed by atoms with Gasteiger partial charge >= 0.3 is 5.97 Å². The van der Waals surface area contributed by atoms with Crippen LogP contribution in [-0.4, -0.2) is 39.5 Å². The van der Waals surface area contributed by atoms with Crippen molar-refractivity contribution in [2.75, 3.05) is 12.4 Å². The van der Waals surface area contributed by atoms with Crippen LogP contribution in [0.1, 0.15) is 52.3 Å². The number of ether oxygens (including phenoxy) is 1. The Morgan fingerprint density at radius 1 is 1.02 bits per heavy atom. The molecule has 4 rings (SSSR count). The van der Waals surface area contributed by atoms with Gasteiger partial charge in [0.15, 0.2) is 0 Å². The molecule has 0 fully saturated rings. The fourth-order valence-electron chi connectivity index (χ4n) is 4.35. The summed E-state index contributed by atoms with van der Waals surface area (Å²) in [5.41, 5.74) is 8.16. The van der Waals surface area contributed by atoms with Gasteiger partial charge in [-0.2, -0.15) is 0 Å². The summed E-state index contributed by atoms with van der Waals surface area (Å²) in [4.78, 5) is 38.1. The number of benzene rings is 1. The second-order valence-electron chi connectivity index (χ2n) is 10.8. The molecule has 212 valence electrons. The number of amides is 1. The molecule has 3 heterocycles. The van der Waals surface area contributed by atoms with E-state index in [0.29, 0.717) is 24.3 Å². The number of aromatic amines is 1. The smallest absolute Gasteiger partial charge is 0.319 e. The van der Waals surface area contributed by atoms with Crippen molar-refractivity contribution in [2.24, 2.45) is 17.6 Å². The predicted molar refractivity (Wildman–Crippen MR) is 156 cm³/mol. The van der Waals surface area contributed by atoms with Gasteiger partial charge in [-0.3, -0.25) is 14.6 Å². The van der Waals surface area contributed by atoms with Crippen LogP contribution in [0.4, 0.5) is 10.2 Å². The molecule has 1 aromatic carbocycles. The third-order valence-electron chi connectivity index (χ3n) is 5.96. The normalized spacial score (nSPS) is 12.0. The largest absolute Gasteiger partial charge is 0.459 e. The van der Waals surface area contributed by atoms with Crippen molar-refractivity contribution in [3.63, 3.8) is 0 Å². The molecule has 0 aliphatic carbocycles. The van der Waals surface area contributed by atoms with Crippen molar-refractivity contribution in [1.29, 1.82) is 0 Å². The average Bonchev–Trinajstić information content (AvgIpc) is 3.26. The molecule has 3 aromatic heterocycles. The molecule has 1 amide bonds. The summed E-state index contributed by atoms with van der Waals surface area (Å²) in [6.45, 7) is 9.24. The number of halogens is 1. The van der Waals surface area contributed by atoms with Crippen LogP contribution in [0, 0.1) is 17.7 Å². The number of H-pyrrole nitrogens is 1. The first-order valence-corrected chi connectivity index (χ1v) is 13.3. The van der Waals surface area contributed by atoms with E-state index in [-0.39, 0.29) is 11.7 Å². The van der Waals surface area contributed by atoms with E-state index in [4.69, 9.17) is 4.74 Å². The zero-order chi connectivity index (χ0) is 29.4. The SMILES string of the molecule is CC(C)C[C@@H](C(=O)Nc1ccc2c(-c3ccncc3)c(Cc3ccc(F)cc3)[nH]c2n1)C(=O)OC(C)(C)C.CN. The standard InChI is InChI=1S/C30H33FN4O3.CH5N/c1-18(2)16-23(29(37)38-30(3,4)5)28(36)35-25-11-10-22-26(20-12-14-32-15-13-20)24(33-27(22)34-25)17-19-6-8-21(31)9-7-19;1-2/h6-15,18,23H,16-17H2,1-5H3,(H2,33,34,35,36);2H2,1H3/t23-;/m0./s1. The van der Waals surface area contributed by atoms with E-state index in [9.17, 15) is 14.0 Å². The van der Waals surface area contributed by atoms with Crippen LogP contribution in [0.3, 0.4) is 0 Å². The number of nitrogens with two attached hydrogens (primary N) is 1. The van der Waals surface area contributed by atoms with Gasteiger partial charge in [0.05, 0.1) is 0 Å². The van der Waals surface area contributed by atoms with Gasteiger partial charge in [0, 0.05) is 35.5 Å². The molecule has 4 N–H and O–H groups in total. The molecule has 0 saturated heterocycles. The summed E-state index contributed by atoms with van der Waals surface area (Å²) in [7, 11) is 1.50. The van der Waals surface area contributed by atoms with Gasteiger partial charge in [0.25, 0.3) is 0 Å². The second-order valence-corrected chi connectivity index (χ2v) is 10.8. The van der Waals surface area contributed by atoms with Gasteiger partial charge in [0.2, 0.25) is 5.91 Å². The van der Waals surface area contributed by atoms with E-state index in [0.717, 1.165) is 27.8 Å². The molecule has 8 nitrogen and oxygen atoms in total. The van der Waals surface area contributed by atoms with Crippen LogP contribution in [0.25, 0.3) is 22.2 Å². The number of nitrogens with zero attached hydrogens (tertiary/aromatic N) is 2. The molecule has 1 atom stereocenters. The molecular formula is C31H38FN5O3. The van der Waals surface area contributed by atoms with E-state index in [1.807, 2.05) is 32.0 Å². The molecule has 0 radical (unpaired) electrons. The number of aromatic nitrogens is 3. The van der Waals surface area contributed by atoms with Crippen molar-refractivity contribution >= 4 is 28.7 Å². The molecule has 0 bridgehead atoms. The van der Waals surface area contributed by atoms with Gasteiger partial charge < -0.3 is 20.8 Å². The third kappa shape index (κ3) is 7.95. The lowest BCUT2D eigenvalue weighted by atomic mass is 9.96. The fourth-order valence-corrected chi connectivity index (χ4v) is 4.35. The maximum Gasteiger partial charge on any atom is 0.319 e. The Balaban J connectivity index is 0.00000216. The molecule has 0 aliphatic heterocycles. The molecule has 0 unspecified atom stereocenters. The Kier molecular flexibility index (Phi) is 10.1. The summed E-state index contributed by atoms with van der Waals surface area (Å²) in [6, 6.07) is 13.8. The van der Waals surface area contributed by atoms with Crippen molar-refractivity contribution in [1.82, 2.24) is 15.0 Å². The highest BCUT2D eigenvalue weighted by Crippen LogP contribution is 2.33. The van der Waals surface area contributed by atoms with Gasteiger partial charge in [0.1, 0.15) is 28.8 Å². The minimum Gasteiger partial charge on any atom is -0.459 e. The second kappa shape index (κ2) is 13.3. The topological polar surface area (TPSA) is 123 Å². The lowest BCUT2D eigenvalue weighted by molar-refractivity contribution is -0.162. The molecule has 40 heavy (non-hydrogen) atoms. The van der Waals surface area contributed by atoms with Crippen LogP contribution in [0.15, 0.2) is 60.9 Å². The highest BCUT2D eigenvalue weighted by molar-refractivity contribution is 6.05. The van der Waals surface area contributed by atoms with Gasteiger partial charge in [-0.05, 0) is 87.7 Å². The van der Waals surface area contributed by atoms with Gasteiger partial charge in [-0.25, -0.2) is 9.37 Å². The summed E-state index contributed by atoms with van der Waals surface area (Å²) in [5.74, 6) is -1.79. The number of esters is 1. The van der Waals surface area contributed by atoms with Crippen molar-refractivity contribution in [3.8, 4) is 11.1 Å².